The van der Waals surface area contributed by atoms with E-state index in [4.69, 9.17) is 11.6 Å². The van der Waals surface area contributed by atoms with Crippen molar-refractivity contribution in [1.29, 1.82) is 0 Å². The number of likely N-dealkylation sites (tertiary alicyclic amines) is 1. The maximum atomic E-state index is 12.2. The lowest BCUT2D eigenvalue weighted by atomic mass is 10.0. The van der Waals surface area contributed by atoms with E-state index in [0.717, 1.165) is 18.8 Å². The molecule has 0 aromatic heterocycles. The number of anilines is 1. The predicted molar refractivity (Wildman–Crippen MR) is 87.9 cm³/mol. The molecule has 0 aliphatic carbocycles. The van der Waals surface area contributed by atoms with Crippen molar-refractivity contribution in [3.63, 3.8) is 0 Å². The van der Waals surface area contributed by atoms with Gasteiger partial charge in [-0.15, -0.1) is 0 Å². The van der Waals surface area contributed by atoms with Crippen LogP contribution in [-0.2, 0) is 0 Å². The number of carbonyl (C=O) groups is 1. The fourth-order valence-corrected chi connectivity index (χ4v) is 3.21. The van der Waals surface area contributed by atoms with E-state index in [2.05, 4.69) is 37.9 Å². The van der Waals surface area contributed by atoms with Crippen molar-refractivity contribution in [2.24, 2.45) is 0 Å². The van der Waals surface area contributed by atoms with Crippen LogP contribution in [0.4, 0.5) is 10.5 Å². The summed E-state index contributed by atoms with van der Waals surface area (Å²) < 4.78 is 0. The third-order valence-corrected chi connectivity index (χ3v) is 4.07. The van der Waals surface area contributed by atoms with Crippen molar-refractivity contribution in [2.75, 3.05) is 18.4 Å². The second kappa shape index (κ2) is 6.67. The van der Waals surface area contributed by atoms with Crippen LogP contribution in [0.1, 0.15) is 27.7 Å². The van der Waals surface area contributed by atoms with Crippen molar-refractivity contribution in [1.82, 2.24) is 9.80 Å². The van der Waals surface area contributed by atoms with Crippen molar-refractivity contribution in [2.45, 2.75) is 45.8 Å². The average Bonchev–Trinajstić information content (AvgIpc) is 2.31. The molecule has 4 nitrogen and oxygen atoms in total. The number of hydrogen-bond donors (Lipinski definition) is 1. The first-order valence-corrected chi connectivity index (χ1v) is 7.85. The zero-order chi connectivity index (χ0) is 15.6. The molecule has 0 bridgehead atoms. The van der Waals surface area contributed by atoms with E-state index in [0.29, 0.717) is 23.1 Å². The summed E-state index contributed by atoms with van der Waals surface area (Å²) in [7, 11) is 0. The predicted octanol–water partition coefficient (Wildman–Crippen LogP) is 3.67. The normalized spacial score (nSPS) is 15.7. The Bertz CT molecular complexity index is 490. The molecule has 0 atom stereocenters. The van der Waals surface area contributed by atoms with Crippen LogP contribution >= 0.6 is 11.6 Å². The first-order valence-electron chi connectivity index (χ1n) is 7.47. The Hall–Kier alpha value is -1.26. The summed E-state index contributed by atoms with van der Waals surface area (Å²) in [5.74, 6) is 0. The van der Waals surface area contributed by atoms with E-state index in [1.807, 2.05) is 17.0 Å². The minimum atomic E-state index is -0.0546. The summed E-state index contributed by atoms with van der Waals surface area (Å²) in [4.78, 5) is 16.5. The number of urea groups is 1. The fraction of sp³-hybridized carbons (Fsp3) is 0.562. The number of nitrogens with one attached hydrogen (secondary N) is 1. The largest absolute Gasteiger partial charge is 0.321 e. The van der Waals surface area contributed by atoms with Gasteiger partial charge in [-0.25, -0.2) is 4.79 Å². The van der Waals surface area contributed by atoms with E-state index in [-0.39, 0.29) is 6.03 Å². The summed E-state index contributed by atoms with van der Waals surface area (Å²) in [5.41, 5.74) is 0.737. The van der Waals surface area contributed by atoms with Crippen LogP contribution in [0.5, 0.6) is 0 Å². The van der Waals surface area contributed by atoms with Gasteiger partial charge in [0, 0.05) is 41.9 Å². The number of benzene rings is 1. The van der Waals surface area contributed by atoms with Crippen LogP contribution in [0.15, 0.2) is 24.3 Å². The Morgan fingerprint density at radius 3 is 2.43 bits per heavy atom. The van der Waals surface area contributed by atoms with Gasteiger partial charge in [-0.2, -0.15) is 0 Å². The van der Waals surface area contributed by atoms with Gasteiger partial charge in [-0.3, -0.25) is 4.90 Å². The summed E-state index contributed by atoms with van der Waals surface area (Å²) in [6.07, 6.45) is 0. The molecule has 1 N–H and O–H groups in total. The highest BCUT2D eigenvalue weighted by molar-refractivity contribution is 6.30. The Labute approximate surface area is 132 Å². The molecule has 1 aromatic rings. The summed E-state index contributed by atoms with van der Waals surface area (Å²) in [6, 6.07) is 8.61. The van der Waals surface area contributed by atoms with Crippen LogP contribution in [0.2, 0.25) is 5.02 Å². The molecule has 2 amide bonds. The van der Waals surface area contributed by atoms with E-state index < -0.39 is 0 Å². The van der Waals surface area contributed by atoms with E-state index in [1.165, 1.54) is 0 Å². The molecule has 1 heterocycles. The van der Waals surface area contributed by atoms with Crippen LogP contribution in [0.3, 0.4) is 0 Å². The van der Waals surface area contributed by atoms with Crippen LogP contribution in [0.25, 0.3) is 0 Å². The van der Waals surface area contributed by atoms with Crippen molar-refractivity contribution >= 4 is 23.3 Å². The second-order valence-electron chi connectivity index (χ2n) is 6.13. The molecular formula is C16H24ClN3O. The zero-order valence-corrected chi connectivity index (χ0v) is 13.9. The molecule has 2 rings (SSSR count). The van der Waals surface area contributed by atoms with Crippen LogP contribution < -0.4 is 5.32 Å². The molecule has 21 heavy (non-hydrogen) atoms. The molecule has 1 aliphatic rings. The number of amides is 2. The van der Waals surface area contributed by atoms with Gasteiger partial charge in [-0.1, -0.05) is 17.7 Å². The van der Waals surface area contributed by atoms with Gasteiger partial charge >= 0.3 is 6.03 Å². The molecule has 5 heteroatoms. The highest BCUT2D eigenvalue weighted by Crippen LogP contribution is 2.22. The lowest BCUT2D eigenvalue weighted by Crippen LogP contribution is -2.64. The highest BCUT2D eigenvalue weighted by Gasteiger charge is 2.36. The molecule has 0 radical (unpaired) electrons. The lowest BCUT2D eigenvalue weighted by molar-refractivity contribution is 0.0202. The van der Waals surface area contributed by atoms with Crippen molar-refractivity contribution in [3.05, 3.63) is 29.3 Å². The van der Waals surface area contributed by atoms with E-state index >= 15 is 0 Å². The van der Waals surface area contributed by atoms with Crippen molar-refractivity contribution in [3.8, 4) is 0 Å². The summed E-state index contributed by atoms with van der Waals surface area (Å²) in [6.45, 7) is 10.4. The van der Waals surface area contributed by atoms with Gasteiger partial charge in [0.2, 0.25) is 0 Å². The second-order valence-corrected chi connectivity index (χ2v) is 6.57. The smallest absolute Gasteiger partial charge is 0.321 e. The van der Waals surface area contributed by atoms with E-state index in [1.54, 1.807) is 12.1 Å². The monoisotopic (exact) mass is 309 g/mol. The van der Waals surface area contributed by atoms with Gasteiger partial charge in [0.25, 0.3) is 0 Å². The maximum Gasteiger partial charge on any atom is 0.321 e. The molecule has 1 fully saturated rings. The number of carbonyl (C=O) groups excluding carboxylic acids is 1. The van der Waals surface area contributed by atoms with E-state index in [9.17, 15) is 4.79 Å². The quantitative estimate of drug-likeness (QED) is 0.921. The SMILES string of the molecule is CC(C)N(C(C)C)C1CN(C(=O)Nc2cccc(Cl)c2)C1. The van der Waals surface area contributed by atoms with Gasteiger partial charge in [0.05, 0.1) is 0 Å². The Morgan fingerprint density at radius 1 is 1.29 bits per heavy atom. The first kappa shape index (κ1) is 16.1. The Morgan fingerprint density at radius 2 is 1.90 bits per heavy atom. The molecule has 0 spiro atoms. The first-order chi connectivity index (χ1) is 9.88. The summed E-state index contributed by atoms with van der Waals surface area (Å²) in [5, 5.41) is 3.51. The maximum absolute atomic E-state index is 12.2. The standard InChI is InChI=1S/C16H24ClN3O/c1-11(2)20(12(3)4)15-9-19(10-15)16(21)18-14-7-5-6-13(17)8-14/h5-8,11-12,15H,9-10H2,1-4H3,(H,18,21). The number of rotatable bonds is 4. The molecule has 1 aliphatic heterocycles. The number of nitrogens with zero attached hydrogens (tertiary/aromatic N) is 2. The van der Waals surface area contributed by atoms with Crippen LogP contribution in [0, 0.1) is 0 Å². The minimum absolute atomic E-state index is 0.0546. The molecule has 116 valence electrons. The molecule has 1 saturated heterocycles. The molecular weight excluding hydrogens is 286 g/mol. The third-order valence-electron chi connectivity index (χ3n) is 3.84. The topological polar surface area (TPSA) is 35.6 Å². The highest BCUT2D eigenvalue weighted by atomic mass is 35.5. The van der Waals surface area contributed by atoms with Gasteiger partial charge in [0.1, 0.15) is 0 Å². The van der Waals surface area contributed by atoms with Crippen molar-refractivity contribution < 1.29 is 4.79 Å². The lowest BCUT2D eigenvalue weighted by Gasteiger charge is -2.48. The molecule has 1 aromatic carbocycles. The Balaban J connectivity index is 1.88. The van der Waals surface area contributed by atoms with Crippen LogP contribution in [-0.4, -0.2) is 47.0 Å². The average molecular weight is 310 g/mol. The zero-order valence-electron chi connectivity index (χ0n) is 13.1. The minimum Gasteiger partial charge on any atom is -0.321 e. The Kier molecular flexibility index (Phi) is 5.12. The molecule has 0 unspecified atom stereocenters. The fourth-order valence-electron chi connectivity index (χ4n) is 3.02. The number of halogens is 1. The third kappa shape index (κ3) is 3.89. The summed E-state index contributed by atoms with van der Waals surface area (Å²) >= 11 is 5.92. The van der Waals surface area contributed by atoms with Gasteiger partial charge in [-0.05, 0) is 45.9 Å². The van der Waals surface area contributed by atoms with Gasteiger partial charge in [0.15, 0.2) is 0 Å². The van der Waals surface area contributed by atoms with Gasteiger partial charge < -0.3 is 10.2 Å². The molecule has 0 saturated carbocycles. The number of hydrogen-bond acceptors (Lipinski definition) is 2.